The van der Waals surface area contributed by atoms with E-state index < -0.39 is 24.3 Å². The molecule has 3 aromatic carbocycles. The summed E-state index contributed by atoms with van der Waals surface area (Å²) in [7, 11) is 2.57. The first-order valence-corrected chi connectivity index (χ1v) is 20.3. The molecule has 14 nitrogen and oxygen atoms in total. The lowest BCUT2D eigenvalue weighted by atomic mass is 9.99. The number of benzene rings is 3. The highest BCUT2D eigenvalue weighted by Crippen LogP contribution is 2.38. The highest BCUT2D eigenvalue weighted by atomic mass is 35.5. The summed E-state index contributed by atoms with van der Waals surface area (Å²) < 4.78 is 9.50. The van der Waals surface area contributed by atoms with E-state index in [2.05, 4.69) is 62.3 Å². The highest BCUT2D eigenvalue weighted by molar-refractivity contribution is 6.32. The quantitative estimate of drug-likeness (QED) is 0.0903. The largest absolute Gasteiger partial charge is 0.453 e. The molecule has 2 aliphatic rings. The van der Waals surface area contributed by atoms with Crippen LogP contribution in [-0.2, 0) is 19.1 Å². The number of imidazole rings is 2. The Morgan fingerprint density at radius 2 is 1.45 bits per heavy atom. The Bertz CT molecular complexity index is 2320. The van der Waals surface area contributed by atoms with Gasteiger partial charge in [0.05, 0.1) is 31.3 Å². The van der Waals surface area contributed by atoms with E-state index in [1.54, 1.807) is 0 Å². The third kappa shape index (κ3) is 8.20. The van der Waals surface area contributed by atoms with Crippen molar-refractivity contribution in [2.75, 3.05) is 20.8 Å². The minimum absolute atomic E-state index is 0.0535. The lowest BCUT2D eigenvalue weighted by Gasteiger charge is -2.29. The summed E-state index contributed by atoms with van der Waals surface area (Å²) in [6.45, 7) is 8.14. The molecule has 5 N–H and O–H groups in total. The van der Waals surface area contributed by atoms with Crippen molar-refractivity contribution in [3.63, 3.8) is 0 Å². The standard InChI is InChI=1S/C43H51ClN8O6/c1-22(2)33(49-42(55)57-5)40(53)46-30-10-7-9-29(30)38-47-35(37(44)51-38)25-14-12-24(13-15-25)26-16-18-28-27(21-26)17-19-31-36(28)48-39(45-31)32-11-8-20-52(32)41(54)34(23(3)4)50-43(56)58-6/h12-19,21-23,29-30,32-34H,7-11,20H2,1-6H3,(H,45,48)(H,46,53)(H,47,51)(H,49,55)(H,50,56)/t29-,30+,32+,33+,34+/m1/s1. The summed E-state index contributed by atoms with van der Waals surface area (Å²) in [5, 5.41) is 11.0. The van der Waals surface area contributed by atoms with Gasteiger partial charge in [-0.3, -0.25) is 9.59 Å². The van der Waals surface area contributed by atoms with E-state index in [1.165, 1.54) is 14.2 Å². The molecule has 0 bridgehead atoms. The predicted molar refractivity (Wildman–Crippen MR) is 222 cm³/mol. The van der Waals surface area contributed by atoms with Gasteiger partial charge in [0, 0.05) is 29.5 Å². The zero-order valence-electron chi connectivity index (χ0n) is 33.6. The number of likely N-dealkylation sites (tertiary alicyclic amines) is 1. The van der Waals surface area contributed by atoms with E-state index in [4.69, 9.17) is 31.0 Å². The van der Waals surface area contributed by atoms with Gasteiger partial charge in [0.15, 0.2) is 0 Å². The zero-order valence-corrected chi connectivity index (χ0v) is 34.4. The maximum atomic E-state index is 13.7. The summed E-state index contributed by atoms with van der Waals surface area (Å²) in [5.74, 6) is 0.757. The van der Waals surface area contributed by atoms with Crippen LogP contribution in [0.5, 0.6) is 0 Å². The van der Waals surface area contributed by atoms with Crippen molar-refractivity contribution < 1.29 is 28.7 Å². The van der Waals surface area contributed by atoms with Crippen molar-refractivity contribution >= 4 is 57.4 Å². The first-order valence-electron chi connectivity index (χ1n) is 19.9. The number of ether oxygens (including phenoxy) is 2. The Morgan fingerprint density at radius 3 is 2.14 bits per heavy atom. The van der Waals surface area contributed by atoms with Crippen molar-refractivity contribution in [1.29, 1.82) is 0 Å². The minimum Gasteiger partial charge on any atom is -0.453 e. The van der Waals surface area contributed by atoms with Crippen LogP contribution in [0.25, 0.3) is 44.2 Å². The van der Waals surface area contributed by atoms with Gasteiger partial charge in [0.2, 0.25) is 11.8 Å². The van der Waals surface area contributed by atoms with E-state index in [-0.39, 0.29) is 41.7 Å². The van der Waals surface area contributed by atoms with Gasteiger partial charge in [0.1, 0.15) is 34.6 Å². The molecule has 306 valence electrons. The zero-order chi connectivity index (χ0) is 41.2. The average Bonchev–Trinajstić information content (AvgIpc) is 4.04. The van der Waals surface area contributed by atoms with Gasteiger partial charge in [-0.2, -0.15) is 0 Å². The molecule has 1 aliphatic carbocycles. The fraction of sp³-hybridized carbons (Fsp3) is 0.442. The molecule has 0 unspecified atom stereocenters. The molecule has 5 atom stereocenters. The van der Waals surface area contributed by atoms with Crippen molar-refractivity contribution in [2.24, 2.45) is 11.8 Å². The molecule has 2 aromatic heterocycles. The highest BCUT2D eigenvalue weighted by Gasteiger charge is 2.38. The molecule has 5 aromatic rings. The van der Waals surface area contributed by atoms with Crippen LogP contribution in [0.4, 0.5) is 9.59 Å². The minimum atomic E-state index is -0.723. The molecule has 1 saturated heterocycles. The van der Waals surface area contributed by atoms with Gasteiger partial charge in [-0.1, -0.05) is 88.2 Å². The first-order chi connectivity index (χ1) is 27.9. The number of alkyl carbamates (subject to hydrolysis) is 2. The Balaban J connectivity index is 1.07. The molecular weight excluding hydrogens is 760 g/mol. The van der Waals surface area contributed by atoms with Crippen molar-refractivity contribution in [3.8, 4) is 22.4 Å². The van der Waals surface area contributed by atoms with Crippen LogP contribution in [0, 0.1) is 11.8 Å². The van der Waals surface area contributed by atoms with E-state index in [1.807, 2.05) is 50.8 Å². The average molecular weight is 811 g/mol. The molecule has 1 saturated carbocycles. The molecule has 58 heavy (non-hydrogen) atoms. The number of amides is 4. The number of carbonyl (C=O) groups excluding carboxylic acids is 4. The smallest absolute Gasteiger partial charge is 0.407 e. The van der Waals surface area contributed by atoms with E-state index in [0.717, 1.165) is 82.2 Å². The second kappa shape index (κ2) is 17.1. The molecular formula is C43H51ClN8O6. The number of carbonyl (C=O) groups is 4. The Kier molecular flexibility index (Phi) is 11.9. The molecule has 1 aliphatic heterocycles. The number of halogens is 1. The van der Waals surface area contributed by atoms with Gasteiger partial charge in [-0.05, 0) is 66.2 Å². The van der Waals surface area contributed by atoms with Crippen molar-refractivity contribution in [1.82, 2.24) is 40.8 Å². The van der Waals surface area contributed by atoms with Crippen LogP contribution in [0.2, 0.25) is 5.15 Å². The molecule has 15 heteroatoms. The normalized spacial score (nSPS) is 19.1. The van der Waals surface area contributed by atoms with E-state index in [0.29, 0.717) is 17.4 Å². The number of nitrogens with one attached hydrogen (secondary N) is 5. The molecule has 4 amide bonds. The number of aromatic amines is 2. The number of H-pyrrole nitrogens is 2. The third-order valence-electron chi connectivity index (χ3n) is 11.5. The van der Waals surface area contributed by atoms with Gasteiger partial charge in [0.25, 0.3) is 0 Å². The van der Waals surface area contributed by atoms with Crippen LogP contribution in [-0.4, -0.2) is 87.7 Å². The maximum absolute atomic E-state index is 13.7. The summed E-state index contributed by atoms with van der Waals surface area (Å²) in [6.07, 6.45) is 2.88. The lowest BCUT2D eigenvalue weighted by Crippen LogP contribution is -2.52. The van der Waals surface area contributed by atoms with Gasteiger partial charge in [-0.25, -0.2) is 19.6 Å². The first kappa shape index (κ1) is 40.6. The molecule has 0 radical (unpaired) electrons. The number of hydrogen-bond acceptors (Lipinski definition) is 8. The molecule has 2 fully saturated rings. The monoisotopic (exact) mass is 810 g/mol. The number of methoxy groups -OCH3 is 2. The molecule has 0 spiro atoms. The topological polar surface area (TPSA) is 183 Å². The SMILES string of the molecule is COC(=O)N[C@H](C(=O)N[C@H]1CCC[C@H]1c1nc(-c2ccc(-c3ccc4c(ccc5[nH]c([C@@H]6CCCN6C(=O)[C@@H](NC(=O)OC)C(C)C)nc54)c3)cc2)c(Cl)[nH]1)C(C)C. The molecule has 7 rings (SSSR count). The van der Waals surface area contributed by atoms with Crippen LogP contribution >= 0.6 is 11.6 Å². The fourth-order valence-corrected chi connectivity index (χ4v) is 8.61. The van der Waals surface area contributed by atoms with Crippen LogP contribution in [0.3, 0.4) is 0 Å². The summed E-state index contributed by atoms with van der Waals surface area (Å²) >= 11 is 6.75. The summed E-state index contributed by atoms with van der Waals surface area (Å²) in [6, 6.07) is 16.7. The Morgan fingerprint density at radius 1 is 0.776 bits per heavy atom. The predicted octanol–water partition coefficient (Wildman–Crippen LogP) is 7.60. The van der Waals surface area contributed by atoms with Crippen LogP contribution in [0.15, 0.2) is 54.6 Å². The Labute approximate surface area is 342 Å². The fourth-order valence-electron chi connectivity index (χ4n) is 8.36. The number of fused-ring (bicyclic) bond motifs is 3. The maximum Gasteiger partial charge on any atom is 0.407 e. The second-order valence-electron chi connectivity index (χ2n) is 15.9. The van der Waals surface area contributed by atoms with Crippen molar-refractivity contribution in [3.05, 3.63) is 71.4 Å². The van der Waals surface area contributed by atoms with E-state index in [9.17, 15) is 19.2 Å². The van der Waals surface area contributed by atoms with Gasteiger partial charge >= 0.3 is 12.2 Å². The molecule has 3 heterocycles. The van der Waals surface area contributed by atoms with Crippen LogP contribution in [0.1, 0.15) is 83.4 Å². The lowest BCUT2D eigenvalue weighted by molar-refractivity contribution is -0.135. The van der Waals surface area contributed by atoms with Crippen LogP contribution < -0.4 is 16.0 Å². The number of aromatic nitrogens is 4. The number of hydrogen-bond donors (Lipinski definition) is 5. The summed E-state index contributed by atoms with van der Waals surface area (Å²) in [4.78, 5) is 69.4. The van der Waals surface area contributed by atoms with Gasteiger partial charge in [-0.15, -0.1) is 0 Å². The summed E-state index contributed by atoms with van der Waals surface area (Å²) in [5.41, 5.74) is 5.31. The van der Waals surface area contributed by atoms with E-state index >= 15 is 0 Å². The Hall–Kier alpha value is -5.63. The number of rotatable bonds is 11. The number of nitrogens with zero attached hydrogens (tertiary/aromatic N) is 3. The second-order valence-corrected chi connectivity index (χ2v) is 16.3. The van der Waals surface area contributed by atoms with Crippen molar-refractivity contribution in [2.45, 2.75) is 89.9 Å². The van der Waals surface area contributed by atoms with Gasteiger partial charge < -0.3 is 40.3 Å². The third-order valence-corrected chi connectivity index (χ3v) is 11.8.